The predicted octanol–water partition coefficient (Wildman–Crippen LogP) is 2.11. The molecule has 2 heterocycles. The third kappa shape index (κ3) is 4.32. The quantitative estimate of drug-likeness (QED) is 0.854. The predicted molar refractivity (Wildman–Crippen MR) is 79.1 cm³/mol. The second-order valence-corrected chi connectivity index (χ2v) is 6.33. The van der Waals surface area contributed by atoms with Crippen LogP contribution in [0.5, 0.6) is 0 Å². The minimum absolute atomic E-state index is 0.464. The van der Waals surface area contributed by atoms with E-state index in [1.165, 1.54) is 31.5 Å². The fourth-order valence-corrected chi connectivity index (χ4v) is 2.69. The largest absolute Gasteiger partial charge is 0.312 e. The van der Waals surface area contributed by atoms with Gasteiger partial charge in [0, 0.05) is 31.4 Å². The maximum Gasteiger partial charge on any atom is 0.0534 e. The number of rotatable bonds is 6. The number of hydrogen-bond donors (Lipinski definition) is 1. The number of nitrogens with one attached hydrogen (secondary N) is 1. The first-order valence-electron chi connectivity index (χ1n) is 7.52. The number of aromatic nitrogens is 2. The van der Waals surface area contributed by atoms with Crippen molar-refractivity contribution in [1.82, 2.24) is 20.0 Å². The lowest BCUT2D eigenvalue weighted by molar-refractivity contribution is 0.137. The summed E-state index contributed by atoms with van der Waals surface area (Å²) in [5.74, 6) is 0. The Morgan fingerprint density at radius 2 is 2.11 bits per heavy atom. The first-order chi connectivity index (χ1) is 9.11. The second-order valence-electron chi connectivity index (χ2n) is 6.33. The Balaban J connectivity index is 1.73. The molecule has 4 nitrogen and oxygen atoms in total. The van der Waals surface area contributed by atoms with E-state index in [1.807, 2.05) is 10.9 Å². The van der Waals surface area contributed by atoms with Gasteiger partial charge in [0.2, 0.25) is 0 Å². The van der Waals surface area contributed by atoms with Crippen LogP contribution in [0, 0.1) is 5.41 Å². The van der Waals surface area contributed by atoms with Crippen molar-refractivity contribution in [3.05, 3.63) is 18.0 Å². The Hall–Kier alpha value is -0.870. The third-order valence-electron chi connectivity index (χ3n) is 4.21. The molecule has 108 valence electrons. The highest BCUT2D eigenvalue weighted by atomic mass is 15.3. The summed E-state index contributed by atoms with van der Waals surface area (Å²) in [6.07, 6.45) is 7.88. The standard InChI is InChI=1S/C15H28N4/c1-4-7-19-12-14(11-17-19)10-16-13-15(2)5-8-18(3)9-6-15/h11-12,16H,4-10,13H2,1-3H3. The van der Waals surface area contributed by atoms with Gasteiger partial charge in [-0.2, -0.15) is 5.10 Å². The van der Waals surface area contributed by atoms with Crippen LogP contribution in [0.2, 0.25) is 0 Å². The van der Waals surface area contributed by atoms with Gasteiger partial charge < -0.3 is 10.2 Å². The molecule has 1 saturated heterocycles. The highest BCUT2D eigenvalue weighted by molar-refractivity contribution is 5.03. The molecule has 4 heteroatoms. The molecule has 0 amide bonds. The van der Waals surface area contributed by atoms with Crippen LogP contribution in [-0.2, 0) is 13.1 Å². The summed E-state index contributed by atoms with van der Waals surface area (Å²) in [4.78, 5) is 2.43. The van der Waals surface area contributed by atoms with Crippen molar-refractivity contribution in [1.29, 1.82) is 0 Å². The van der Waals surface area contributed by atoms with Crippen LogP contribution in [0.3, 0.4) is 0 Å². The van der Waals surface area contributed by atoms with Crippen LogP contribution in [0.4, 0.5) is 0 Å². The molecule has 1 N–H and O–H groups in total. The minimum Gasteiger partial charge on any atom is -0.312 e. The molecule has 1 aromatic heterocycles. The monoisotopic (exact) mass is 264 g/mol. The molecule has 1 aromatic rings. The van der Waals surface area contributed by atoms with Crippen molar-refractivity contribution in [3.63, 3.8) is 0 Å². The fraction of sp³-hybridized carbons (Fsp3) is 0.800. The van der Waals surface area contributed by atoms with E-state index in [9.17, 15) is 0 Å². The first-order valence-corrected chi connectivity index (χ1v) is 7.52. The van der Waals surface area contributed by atoms with Gasteiger partial charge in [0.05, 0.1) is 6.20 Å². The highest BCUT2D eigenvalue weighted by Crippen LogP contribution is 2.29. The van der Waals surface area contributed by atoms with Gasteiger partial charge in [-0.25, -0.2) is 0 Å². The van der Waals surface area contributed by atoms with E-state index < -0.39 is 0 Å². The maximum absolute atomic E-state index is 4.37. The number of nitrogens with zero attached hydrogens (tertiary/aromatic N) is 3. The lowest BCUT2D eigenvalue weighted by atomic mass is 9.80. The summed E-state index contributed by atoms with van der Waals surface area (Å²) in [7, 11) is 2.22. The summed E-state index contributed by atoms with van der Waals surface area (Å²) >= 11 is 0. The molecular weight excluding hydrogens is 236 g/mol. The van der Waals surface area contributed by atoms with Crippen molar-refractivity contribution in [2.75, 3.05) is 26.7 Å². The summed E-state index contributed by atoms with van der Waals surface area (Å²) in [5.41, 5.74) is 1.76. The molecule has 19 heavy (non-hydrogen) atoms. The maximum atomic E-state index is 4.37. The average molecular weight is 264 g/mol. The highest BCUT2D eigenvalue weighted by Gasteiger charge is 2.28. The van der Waals surface area contributed by atoms with E-state index in [1.54, 1.807) is 0 Å². The van der Waals surface area contributed by atoms with Gasteiger partial charge >= 0.3 is 0 Å². The van der Waals surface area contributed by atoms with Gasteiger partial charge in [0.1, 0.15) is 0 Å². The summed E-state index contributed by atoms with van der Waals surface area (Å²) in [6, 6.07) is 0. The SMILES string of the molecule is CCCn1cc(CNCC2(C)CCN(C)CC2)cn1. The normalized spacial score (nSPS) is 19.7. The smallest absolute Gasteiger partial charge is 0.0534 e. The van der Waals surface area contributed by atoms with Crippen LogP contribution >= 0.6 is 0 Å². The van der Waals surface area contributed by atoms with Crippen LogP contribution in [0.25, 0.3) is 0 Å². The van der Waals surface area contributed by atoms with E-state index in [0.29, 0.717) is 5.41 Å². The molecular formula is C15H28N4. The minimum atomic E-state index is 0.464. The summed E-state index contributed by atoms with van der Waals surface area (Å²) < 4.78 is 2.04. The zero-order valence-corrected chi connectivity index (χ0v) is 12.7. The Morgan fingerprint density at radius 3 is 2.79 bits per heavy atom. The molecule has 1 fully saturated rings. The number of aryl methyl sites for hydroxylation is 1. The Bertz CT molecular complexity index is 377. The molecule has 0 spiro atoms. The average Bonchev–Trinajstić information content (AvgIpc) is 2.82. The molecule has 0 bridgehead atoms. The topological polar surface area (TPSA) is 33.1 Å². The summed E-state index contributed by atoms with van der Waals surface area (Å²) in [6.45, 7) is 10.1. The zero-order valence-electron chi connectivity index (χ0n) is 12.7. The molecule has 0 aromatic carbocycles. The van der Waals surface area contributed by atoms with Crippen molar-refractivity contribution in [2.24, 2.45) is 5.41 Å². The van der Waals surface area contributed by atoms with Crippen molar-refractivity contribution in [3.8, 4) is 0 Å². The Morgan fingerprint density at radius 1 is 1.37 bits per heavy atom. The van der Waals surface area contributed by atoms with Crippen LogP contribution in [-0.4, -0.2) is 41.4 Å². The molecule has 0 unspecified atom stereocenters. The zero-order chi connectivity index (χ0) is 13.7. The second kappa shape index (κ2) is 6.53. The Kier molecular flexibility index (Phi) is 4.99. The lowest BCUT2D eigenvalue weighted by Crippen LogP contribution is -2.41. The van der Waals surface area contributed by atoms with Gasteiger partial charge in [-0.1, -0.05) is 13.8 Å². The van der Waals surface area contributed by atoms with E-state index in [0.717, 1.165) is 26.1 Å². The molecule has 2 rings (SSSR count). The van der Waals surface area contributed by atoms with Gasteiger partial charge in [-0.3, -0.25) is 4.68 Å². The van der Waals surface area contributed by atoms with Crippen molar-refractivity contribution >= 4 is 0 Å². The number of hydrogen-bond acceptors (Lipinski definition) is 3. The molecule has 0 atom stereocenters. The molecule has 0 aliphatic carbocycles. The van der Waals surface area contributed by atoms with E-state index in [2.05, 4.69) is 42.4 Å². The van der Waals surface area contributed by atoms with Crippen LogP contribution in [0.1, 0.15) is 38.7 Å². The molecule has 1 aliphatic heterocycles. The number of piperidine rings is 1. The van der Waals surface area contributed by atoms with Gasteiger partial charge in [-0.05, 0) is 44.8 Å². The van der Waals surface area contributed by atoms with Gasteiger partial charge in [0.15, 0.2) is 0 Å². The van der Waals surface area contributed by atoms with Crippen LogP contribution in [0.15, 0.2) is 12.4 Å². The van der Waals surface area contributed by atoms with E-state index in [4.69, 9.17) is 0 Å². The lowest BCUT2D eigenvalue weighted by Gasteiger charge is -2.38. The molecule has 1 aliphatic rings. The van der Waals surface area contributed by atoms with Crippen molar-refractivity contribution < 1.29 is 0 Å². The van der Waals surface area contributed by atoms with Crippen LogP contribution < -0.4 is 5.32 Å². The van der Waals surface area contributed by atoms with E-state index in [-0.39, 0.29) is 0 Å². The molecule has 0 saturated carbocycles. The molecule has 0 radical (unpaired) electrons. The fourth-order valence-electron chi connectivity index (χ4n) is 2.69. The Labute approximate surface area is 117 Å². The van der Waals surface area contributed by atoms with Gasteiger partial charge in [-0.15, -0.1) is 0 Å². The third-order valence-corrected chi connectivity index (χ3v) is 4.21. The van der Waals surface area contributed by atoms with Gasteiger partial charge in [0.25, 0.3) is 0 Å². The first kappa shape index (κ1) is 14.5. The summed E-state index contributed by atoms with van der Waals surface area (Å²) in [5, 5.41) is 7.98. The number of likely N-dealkylation sites (tertiary alicyclic amines) is 1. The van der Waals surface area contributed by atoms with Crippen molar-refractivity contribution in [2.45, 2.75) is 46.2 Å². The van der Waals surface area contributed by atoms with E-state index >= 15 is 0 Å².